The molecule has 2 fully saturated rings. The van der Waals surface area contributed by atoms with Gasteiger partial charge in [-0.3, -0.25) is 4.79 Å². The number of likely N-dealkylation sites (tertiary alicyclic amines) is 1. The Balaban J connectivity index is 1.56. The van der Waals surface area contributed by atoms with Gasteiger partial charge in [-0.1, -0.05) is 29.8 Å². The van der Waals surface area contributed by atoms with Gasteiger partial charge in [-0.15, -0.1) is 0 Å². The number of hydrogen-bond acceptors (Lipinski definition) is 3. The second-order valence-corrected chi connectivity index (χ2v) is 8.92. The van der Waals surface area contributed by atoms with Gasteiger partial charge in [-0.2, -0.15) is 0 Å². The van der Waals surface area contributed by atoms with Gasteiger partial charge < -0.3 is 4.90 Å². The van der Waals surface area contributed by atoms with E-state index >= 15 is 0 Å². The molecule has 0 atom stereocenters. The van der Waals surface area contributed by atoms with Crippen LogP contribution in [0.5, 0.6) is 0 Å². The fourth-order valence-electron chi connectivity index (χ4n) is 3.56. The highest BCUT2D eigenvalue weighted by atomic mass is 32.2. The van der Waals surface area contributed by atoms with Crippen LogP contribution < -0.4 is 0 Å². The second kappa shape index (κ2) is 7.23. The van der Waals surface area contributed by atoms with Crippen molar-refractivity contribution in [3.63, 3.8) is 0 Å². The van der Waals surface area contributed by atoms with E-state index in [1.54, 1.807) is 4.31 Å². The molecule has 24 heavy (non-hydrogen) atoms. The van der Waals surface area contributed by atoms with Crippen molar-refractivity contribution in [2.24, 2.45) is 5.92 Å². The third-order valence-corrected chi connectivity index (χ3v) is 6.93. The van der Waals surface area contributed by atoms with Crippen molar-refractivity contribution in [1.82, 2.24) is 9.21 Å². The Labute approximate surface area is 144 Å². The van der Waals surface area contributed by atoms with Crippen LogP contribution in [-0.4, -0.2) is 49.7 Å². The van der Waals surface area contributed by atoms with Crippen molar-refractivity contribution in [2.45, 2.75) is 38.4 Å². The van der Waals surface area contributed by atoms with Crippen molar-refractivity contribution in [3.8, 4) is 0 Å². The molecule has 0 spiro atoms. The fraction of sp³-hybridized carbons (Fsp3) is 0.611. The first-order valence-electron chi connectivity index (χ1n) is 8.78. The van der Waals surface area contributed by atoms with Crippen LogP contribution >= 0.6 is 0 Å². The number of nitrogens with zero attached hydrogens (tertiary/aromatic N) is 2. The molecule has 0 radical (unpaired) electrons. The Bertz CT molecular complexity index is 671. The zero-order chi connectivity index (χ0) is 17.2. The number of amides is 1. The van der Waals surface area contributed by atoms with E-state index in [1.165, 1.54) is 0 Å². The number of hydrogen-bond donors (Lipinski definition) is 0. The van der Waals surface area contributed by atoms with Crippen LogP contribution in [0.4, 0.5) is 0 Å². The second-order valence-electron chi connectivity index (χ2n) is 6.95. The van der Waals surface area contributed by atoms with Crippen LogP contribution in [0.25, 0.3) is 0 Å². The van der Waals surface area contributed by atoms with Gasteiger partial charge in [0.1, 0.15) is 0 Å². The lowest BCUT2D eigenvalue weighted by Gasteiger charge is -2.32. The largest absolute Gasteiger partial charge is 0.342 e. The number of aryl methyl sites for hydroxylation is 1. The summed E-state index contributed by atoms with van der Waals surface area (Å²) in [5.74, 6) is 0.259. The Kier molecular flexibility index (Phi) is 5.25. The molecule has 3 rings (SSSR count). The summed E-state index contributed by atoms with van der Waals surface area (Å²) < 4.78 is 26.8. The van der Waals surface area contributed by atoms with Gasteiger partial charge in [-0.25, -0.2) is 12.7 Å². The molecule has 1 aromatic carbocycles. The molecular weight excluding hydrogens is 324 g/mol. The third-order valence-electron chi connectivity index (χ3n) is 5.08. The minimum absolute atomic E-state index is 0.00563. The molecule has 2 saturated heterocycles. The molecule has 1 aromatic rings. The number of piperidine rings is 1. The number of rotatable bonds is 4. The van der Waals surface area contributed by atoms with E-state index in [1.807, 2.05) is 36.1 Å². The van der Waals surface area contributed by atoms with Crippen LogP contribution in [-0.2, 0) is 20.6 Å². The number of benzene rings is 1. The van der Waals surface area contributed by atoms with Crippen LogP contribution in [0.3, 0.4) is 0 Å². The molecule has 6 heteroatoms. The zero-order valence-electron chi connectivity index (χ0n) is 14.3. The highest BCUT2D eigenvalue weighted by Crippen LogP contribution is 2.24. The average Bonchev–Trinajstić information content (AvgIpc) is 3.11. The van der Waals surface area contributed by atoms with Gasteiger partial charge in [0.05, 0.1) is 5.75 Å². The molecule has 0 unspecified atom stereocenters. The third kappa shape index (κ3) is 3.98. The van der Waals surface area contributed by atoms with Gasteiger partial charge in [0, 0.05) is 32.1 Å². The fourth-order valence-corrected chi connectivity index (χ4v) is 5.13. The van der Waals surface area contributed by atoms with E-state index in [0.717, 1.165) is 37.1 Å². The lowest BCUT2D eigenvalue weighted by molar-refractivity contribution is -0.135. The quantitative estimate of drug-likeness (QED) is 0.836. The predicted molar refractivity (Wildman–Crippen MR) is 93.9 cm³/mol. The molecule has 1 amide bonds. The van der Waals surface area contributed by atoms with Crippen molar-refractivity contribution < 1.29 is 13.2 Å². The molecular formula is C18H26N2O3S. The van der Waals surface area contributed by atoms with Crippen molar-refractivity contribution in [2.75, 3.05) is 26.2 Å². The Morgan fingerprint density at radius 1 is 1.04 bits per heavy atom. The molecule has 2 aliphatic heterocycles. The van der Waals surface area contributed by atoms with E-state index in [4.69, 9.17) is 0 Å². The minimum Gasteiger partial charge on any atom is -0.342 e. The van der Waals surface area contributed by atoms with Crippen molar-refractivity contribution >= 4 is 15.9 Å². The maximum atomic E-state index is 12.6. The molecule has 0 saturated carbocycles. The lowest BCUT2D eigenvalue weighted by atomic mass is 9.97. The Morgan fingerprint density at radius 3 is 2.21 bits per heavy atom. The minimum atomic E-state index is -3.31. The van der Waals surface area contributed by atoms with Crippen molar-refractivity contribution in [1.29, 1.82) is 0 Å². The normalized spacial score (nSPS) is 20.5. The first-order chi connectivity index (χ1) is 11.5. The summed E-state index contributed by atoms with van der Waals surface area (Å²) in [5, 5.41) is 0. The molecule has 0 aliphatic carbocycles. The highest BCUT2D eigenvalue weighted by molar-refractivity contribution is 7.88. The molecule has 0 bridgehead atoms. The molecule has 5 nitrogen and oxygen atoms in total. The molecule has 132 valence electrons. The smallest absolute Gasteiger partial charge is 0.225 e. The van der Waals surface area contributed by atoms with Gasteiger partial charge in [0.15, 0.2) is 0 Å². The summed E-state index contributed by atoms with van der Waals surface area (Å²) in [6.07, 6.45) is 3.47. The van der Waals surface area contributed by atoms with E-state index in [9.17, 15) is 13.2 Å². The topological polar surface area (TPSA) is 57.7 Å². The standard InChI is InChI=1S/C18H26N2O3S/c1-15-4-6-16(7-5-15)14-24(22,23)20-12-8-17(9-13-20)18(21)19-10-2-3-11-19/h4-7,17H,2-3,8-14H2,1H3. The van der Waals surface area contributed by atoms with Crippen LogP contribution in [0.2, 0.25) is 0 Å². The summed E-state index contributed by atoms with van der Waals surface area (Å²) in [7, 11) is -3.31. The van der Waals surface area contributed by atoms with Crippen LogP contribution in [0.15, 0.2) is 24.3 Å². The van der Waals surface area contributed by atoms with Gasteiger partial charge in [0.25, 0.3) is 0 Å². The first-order valence-corrected chi connectivity index (χ1v) is 10.4. The number of carbonyl (C=O) groups is 1. The van der Waals surface area contributed by atoms with Gasteiger partial charge >= 0.3 is 0 Å². The molecule has 2 aliphatic rings. The number of carbonyl (C=O) groups excluding carboxylic acids is 1. The van der Waals surface area contributed by atoms with Crippen LogP contribution in [0.1, 0.15) is 36.8 Å². The predicted octanol–water partition coefficient (Wildman–Crippen LogP) is 2.16. The molecule has 2 heterocycles. The summed E-state index contributed by atoms with van der Waals surface area (Å²) in [6.45, 7) is 4.63. The number of sulfonamides is 1. The highest BCUT2D eigenvalue weighted by Gasteiger charge is 2.33. The van der Waals surface area contributed by atoms with Gasteiger partial charge in [-0.05, 0) is 38.2 Å². The Hall–Kier alpha value is -1.40. The lowest BCUT2D eigenvalue weighted by Crippen LogP contribution is -2.44. The average molecular weight is 350 g/mol. The zero-order valence-corrected chi connectivity index (χ0v) is 15.1. The maximum absolute atomic E-state index is 12.6. The first kappa shape index (κ1) is 17.4. The van der Waals surface area contributed by atoms with Crippen molar-refractivity contribution in [3.05, 3.63) is 35.4 Å². The summed E-state index contributed by atoms with van der Waals surface area (Å²) in [5.41, 5.74) is 1.94. The molecule has 0 N–H and O–H groups in total. The maximum Gasteiger partial charge on any atom is 0.225 e. The van der Waals surface area contributed by atoms with Crippen LogP contribution in [0, 0.1) is 12.8 Å². The van der Waals surface area contributed by atoms with E-state index in [-0.39, 0.29) is 17.6 Å². The summed E-state index contributed by atoms with van der Waals surface area (Å²) >= 11 is 0. The summed E-state index contributed by atoms with van der Waals surface area (Å²) in [4.78, 5) is 14.4. The van der Waals surface area contributed by atoms with E-state index < -0.39 is 10.0 Å². The SMILES string of the molecule is Cc1ccc(CS(=O)(=O)N2CCC(C(=O)N3CCCC3)CC2)cc1. The van der Waals surface area contributed by atoms with E-state index in [0.29, 0.717) is 25.9 Å². The summed E-state index contributed by atoms with van der Waals surface area (Å²) in [6, 6.07) is 7.62. The van der Waals surface area contributed by atoms with E-state index in [2.05, 4.69) is 0 Å². The molecule has 0 aromatic heterocycles. The monoisotopic (exact) mass is 350 g/mol. The van der Waals surface area contributed by atoms with Gasteiger partial charge in [0.2, 0.25) is 15.9 Å². The Morgan fingerprint density at radius 2 is 1.62 bits per heavy atom.